The molecule has 0 aliphatic rings. The number of hydrogen-bond acceptors (Lipinski definition) is 5. The number of carbonyl (C=O) groups is 1. The first-order chi connectivity index (χ1) is 17.5. The molecule has 0 aliphatic heterocycles. The number of halogens is 1. The topological polar surface area (TPSA) is 78.9 Å². The van der Waals surface area contributed by atoms with Gasteiger partial charge in [-0.3, -0.25) is 4.79 Å². The van der Waals surface area contributed by atoms with E-state index in [1.807, 2.05) is 61.5 Å². The molecule has 1 atom stereocenters. The van der Waals surface area contributed by atoms with Crippen molar-refractivity contribution in [1.82, 2.24) is 15.3 Å². The van der Waals surface area contributed by atoms with Crippen molar-refractivity contribution in [2.75, 3.05) is 17.2 Å². The van der Waals surface area contributed by atoms with Gasteiger partial charge in [0, 0.05) is 31.3 Å². The summed E-state index contributed by atoms with van der Waals surface area (Å²) in [5.41, 5.74) is 3.73. The first-order valence-corrected chi connectivity index (χ1v) is 12.0. The Labute approximate surface area is 211 Å². The average molecular weight is 484 g/mol. The third-order valence-corrected chi connectivity index (χ3v) is 5.67. The van der Waals surface area contributed by atoms with Gasteiger partial charge in [-0.05, 0) is 42.2 Å². The summed E-state index contributed by atoms with van der Waals surface area (Å²) in [6.07, 6.45) is 1.32. The number of aromatic nitrogens is 2. The molecule has 4 aromatic rings. The monoisotopic (exact) mass is 483 g/mol. The Balaban J connectivity index is 1.44. The van der Waals surface area contributed by atoms with Crippen molar-refractivity contribution in [3.63, 3.8) is 0 Å². The molecular weight excluding hydrogens is 453 g/mol. The van der Waals surface area contributed by atoms with Crippen LogP contribution in [0.3, 0.4) is 0 Å². The lowest BCUT2D eigenvalue weighted by Gasteiger charge is -2.20. The van der Waals surface area contributed by atoms with E-state index in [1.165, 1.54) is 17.7 Å². The SMILES string of the molecule is Cc1cc(N[C@@H](Cc2ccccc2)C(=O)NCc2cccc(F)c2)nc(NCCc2ccccc2)n1. The molecule has 0 radical (unpaired) electrons. The van der Waals surface area contributed by atoms with Crippen LogP contribution < -0.4 is 16.0 Å². The number of nitrogens with one attached hydrogen (secondary N) is 3. The fourth-order valence-electron chi connectivity index (χ4n) is 3.88. The molecule has 3 N–H and O–H groups in total. The van der Waals surface area contributed by atoms with E-state index in [0.717, 1.165) is 17.7 Å². The van der Waals surface area contributed by atoms with Crippen LogP contribution in [0.2, 0.25) is 0 Å². The highest BCUT2D eigenvalue weighted by Crippen LogP contribution is 2.14. The van der Waals surface area contributed by atoms with Gasteiger partial charge in [0.2, 0.25) is 11.9 Å². The Kier molecular flexibility index (Phi) is 8.59. The summed E-state index contributed by atoms with van der Waals surface area (Å²) < 4.78 is 13.5. The number of nitrogens with zero attached hydrogens (tertiary/aromatic N) is 2. The lowest BCUT2D eigenvalue weighted by atomic mass is 10.0. The van der Waals surface area contributed by atoms with Crippen LogP contribution in [0, 0.1) is 12.7 Å². The van der Waals surface area contributed by atoms with Gasteiger partial charge in [-0.2, -0.15) is 4.98 Å². The van der Waals surface area contributed by atoms with Crippen molar-refractivity contribution >= 4 is 17.7 Å². The molecule has 7 heteroatoms. The number of amides is 1. The third kappa shape index (κ3) is 7.63. The first kappa shape index (κ1) is 24.9. The number of rotatable bonds is 11. The van der Waals surface area contributed by atoms with Gasteiger partial charge in [-0.15, -0.1) is 0 Å². The normalized spacial score (nSPS) is 11.5. The summed E-state index contributed by atoms with van der Waals surface area (Å²) in [6.45, 7) is 2.82. The van der Waals surface area contributed by atoms with Gasteiger partial charge >= 0.3 is 0 Å². The quantitative estimate of drug-likeness (QED) is 0.282. The van der Waals surface area contributed by atoms with Gasteiger partial charge < -0.3 is 16.0 Å². The molecule has 6 nitrogen and oxygen atoms in total. The fourth-order valence-corrected chi connectivity index (χ4v) is 3.88. The van der Waals surface area contributed by atoms with Crippen molar-refractivity contribution in [3.8, 4) is 0 Å². The summed E-state index contributed by atoms with van der Waals surface area (Å²) in [7, 11) is 0. The zero-order valence-corrected chi connectivity index (χ0v) is 20.2. The Morgan fingerprint density at radius 2 is 1.56 bits per heavy atom. The minimum Gasteiger partial charge on any atom is -0.358 e. The van der Waals surface area contributed by atoms with Gasteiger partial charge in [0.25, 0.3) is 0 Å². The van der Waals surface area contributed by atoms with Crippen molar-refractivity contribution in [2.45, 2.75) is 32.4 Å². The molecule has 0 saturated heterocycles. The summed E-state index contributed by atoms with van der Waals surface area (Å²) in [5.74, 6) is 0.543. The highest BCUT2D eigenvalue weighted by atomic mass is 19.1. The van der Waals surface area contributed by atoms with Crippen LogP contribution in [0.1, 0.15) is 22.4 Å². The molecule has 1 aromatic heterocycles. The van der Waals surface area contributed by atoms with E-state index < -0.39 is 6.04 Å². The van der Waals surface area contributed by atoms with Crippen molar-refractivity contribution < 1.29 is 9.18 Å². The molecule has 0 spiro atoms. The van der Waals surface area contributed by atoms with E-state index >= 15 is 0 Å². The number of carbonyl (C=O) groups excluding carboxylic acids is 1. The van der Waals surface area contributed by atoms with Crippen LogP contribution in [0.15, 0.2) is 91.0 Å². The van der Waals surface area contributed by atoms with Crippen LogP contribution in [-0.4, -0.2) is 28.5 Å². The molecule has 0 saturated carbocycles. The number of benzene rings is 3. The van der Waals surface area contributed by atoms with Crippen molar-refractivity contribution in [2.24, 2.45) is 0 Å². The summed E-state index contributed by atoms with van der Waals surface area (Å²) in [4.78, 5) is 22.3. The van der Waals surface area contributed by atoms with Crippen molar-refractivity contribution in [1.29, 1.82) is 0 Å². The molecule has 184 valence electrons. The summed E-state index contributed by atoms with van der Waals surface area (Å²) in [5, 5.41) is 9.49. The van der Waals surface area contributed by atoms with E-state index in [1.54, 1.807) is 12.1 Å². The Morgan fingerprint density at radius 3 is 2.28 bits per heavy atom. The van der Waals surface area contributed by atoms with Gasteiger partial charge in [0.05, 0.1) is 0 Å². The molecule has 1 heterocycles. The molecule has 0 fully saturated rings. The summed E-state index contributed by atoms with van der Waals surface area (Å²) >= 11 is 0. The second kappa shape index (κ2) is 12.4. The van der Waals surface area contributed by atoms with E-state index in [-0.39, 0.29) is 18.3 Å². The number of anilines is 2. The predicted molar refractivity (Wildman–Crippen MR) is 141 cm³/mol. The van der Waals surface area contributed by atoms with E-state index in [0.29, 0.717) is 30.3 Å². The van der Waals surface area contributed by atoms with E-state index in [9.17, 15) is 9.18 Å². The largest absolute Gasteiger partial charge is 0.358 e. The predicted octanol–water partition coefficient (Wildman–Crippen LogP) is 4.92. The van der Waals surface area contributed by atoms with Crippen LogP contribution >= 0.6 is 0 Å². The van der Waals surface area contributed by atoms with Gasteiger partial charge in [0.15, 0.2) is 0 Å². The van der Waals surface area contributed by atoms with Gasteiger partial charge in [0.1, 0.15) is 17.7 Å². The average Bonchev–Trinajstić information content (AvgIpc) is 2.88. The smallest absolute Gasteiger partial charge is 0.243 e. The zero-order valence-electron chi connectivity index (χ0n) is 20.2. The number of hydrogen-bond donors (Lipinski definition) is 3. The minimum absolute atomic E-state index is 0.196. The minimum atomic E-state index is -0.576. The second-order valence-corrected chi connectivity index (χ2v) is 8.61. The van der Waals surface area contributed by atoms with E-state index in [4.69, 9.17) is 0 Å². The Morgan fingerprint density at radius 1 is 0.861 bits per heavy atom. The van der Waals surface area contributed by atoms with Gasteiger partial charge in [-0.1, -0.05) is 72.8 Å². The Bertz CT molecular complexity index is 1270. The molecule has 3 aromatic carbocycles. The standard InChI is InChI=1S/C29H30FN5O/c1-21-17-27(35-29(33-21)31-16-15-22-9-4-2-5-10-22)34-26(19-23-11-6-3-7-12-23)28(36)32-20-24-13-8-14-25(30)18-24/h2-14,17-18,26H,15-16,19-20H2,1H3,(H,32,36)(H2,31,33,34,35)/t26-/m0/s1. The maximum absolute atomic E-state index is 13.5. The highest BCUT2D eigenvalue weighted by molar-refractivity contribution is 5.84. The van der Waals surface area contributed by atoms with Crippen molar-refractivity contribution in [3.05, 3.63) is 119 Å². The molecule has 0 bridgehead atoms. The lowest BCUT2D eigenvalue weighted by Crippen LogP contribution is -2.41. The van der Waals surface area contributed by atoms with Crippen LogP contribution in [0.4, 0.5) is 16.2 Å². The fraction of sp³-hybridized carbons (Fsp3) is 0.207. The molecule has 4 rings (SSSR count). The van der Waals surface area contributed by atoms with Gasteiger partial charge in [-0.25, -0.2) is 9.37 Å². The van der Waals surface area contributed by atoms with Crippen LogP contribution in [-0.2, 0) is 24.2 Å². The van der Waals surface area contributed by atoms with Crippen LogP contribution in [0.25, 0.3) is 0 Å². The summed E-state index contributed by atoms with van der Waals surface area (Å²) in [6, 6.07) is 27.5. The lowest BCUT2D eigenvalue weighted by molar-refractivity contribution is -0.122. The molecule has 0 unspecified atom stereocenters. The Hall–Kier alpha value is -4.26. The zero-order chi connectivity index (χ0) is 25.2. The maximum atomic E-state index is 13.5. The second-order valence-electron chi connectivity index (χ2n) is 8.61. The first-order valence-electron chi connectivity index (χ1n) is 12.0. The van der Waals surface area contributed by atoms with Crippen LogP contribution in [0.5, 0.6) is 0 Å². The number of aryl methyl sites for hydroxylation is 1. The maximum Gasteiger partial charge on any atom is 0.243 e. The highest BCUT2D eigenvalue weighted by Gasteiger charge is 2.20. The molecule has 0 aliphatic carbocycles. The molecule has 36 heavy (non-hydrogen) atoms. The molecule has 1 amide bonds. The third-order valence-electron chi connectivity index (χ3n) is 5.67. The van der Waals surface area contributed by atoms with E-state index in [2.05, 4.69) is 38.1 Å². The molecular formula is C29H30FN5O.